The average Bonchev–Trinajstić information content (AvgIpc) is 3.48. The van der Waals surface area contributed by atoms with Gasteiger partial charge in [0.15, 0.2) is 23.3 Å². The zero-order chi connectivity index (χ0) is 34.8. The molecule has 8 atom stereocenters. The molecule has 49 heavy (non-hydrogen) atoms. The quantitative estimate of drug-likeness (QED) is 0.155. The first-order valence-electron chi connectivity index (χ1n) is 15.8. The van der Waals surface area contributed by atoms with E-state index in [0.29, 0.717) is 46.2 Å². The van der Waals surface area contributed by atoms with Crippen molar-refractivity contribution in [3.8, 4) is 45.6 Å². The van der Waals surface area contributed by atoms with Gasteiger partial charge in [-0.25, -0.2) is 4.79 Å². The lowest BCUT2D eigenvalue weighted by Crippen LogP contribution is -2.87. The zero-order valence-corrected chi connectivity index (χ0v) is 27.2. The van der Waals surface area contributed by atoms with E-state index in [4.69, 9.17) is 28.4 Å². The van der Waals surface area contributed by atoms with Gasteiger partial charge >= 0.3 is 5.97 Å². The van der Waals surface area contributed by atoms with Crippen molar-refractivity contribution in [1.82, 2.24) is 16.0 Å². The third-order valence-corrected chi connectivity index (χ3v) is 9.96. The number of likely N-dealkylation sites (N-methyl/N-ethyl adjacent to an activating group) is 1. The third kappa shape index (κ3) is 4.87. The van der Waals surface area contributed by atoms with Gasteiger partial charge < -0.3 is 64.6 Å². The zero-order valence-electron chi connectivity index (χ0n) is 27.2. The Labute approximate surface area is 281 Å². The van der Waals surface area contributed by atoms with Crippen LogP contribution in [0.3, 0.4) is 0 Å². The first kappa shape index (κ1) is 33.2. The van der Waals surface area contributed by atoms with E-state index in [1.165, 1.54) is 13.1 Å². The second-order valence-electron chi connectivity index (χ2n) is 12.5. The number of hydrogen-bond donors (Lipinski definition) is 8. The summed E-state index contributed by atoms with van der Waals surface area (Å²) in [6, 6.07) is 10.7. The Morgan fingerprint density at radius 1 is 1.10 bits per heavy atom. The second kappa shape index (κ2) is 12.2. The molecule has 4 aliphatic heterocycles. The maximum atomic E-state index is 12.6. The number of aliphatic hydroxyl groups is 3. The molecule has 3 aromatic rings. The molecule has 4 heterocycles. The van der Waals surface area contributed by atoms with Crippen molar-refractivity contribution in [2.45, 2.75) is 54.4 Å². The molecule has 15 nitrogen and oxygen atoms in total. The van der Waals surface area contributed by atoms with Gasteiger partial charge in [-0.2, -0.15) is 0 Å². The molecule has 0 radical (unpaired) electrons. The van der Waals surface area contributed by atoms with Gasteiger partial charge in [0, 0.05) is 30.3 Å². The van der Waals surface area contributed by atoms with Gasteiger partial charge in [0.1, 0.15) is 29.5 Å². The van der Waals surface area contributed by atoms with Crippen LogP contribution < -0.4 is 39.6 Å². The van der Waals surface area contributed by atoms with Gasteiger partial charge in [-0.3, -0.25) is 5.32 Å². The fourth-order valence-electron chi connectivity index (χ4n) is 7.62. The van der Waals surface area contributed by atoms with Crippen molar-refractivity contribution < 1.29 is 58.7 Å². The minimum absolute atomic E-state index is 0.00633. The summed E-state index contributed by atoms with van der Waals surface area (Å²) in [5.74, 6) is 0.145. The lowest BCUT2D eigenvalue weighted by atomic mass is 9.74. The standard InChI is InChI=1S/C34H39N3O12/c1-35-12-16-9-22(44-3)27(45-4)28-24(16)20-14-46-21-11-18(10-19(25(21)26(20)48-28)15-6-5-7-17(38)8-15)47-30-29(39)34(43)31(40)33(49-30,32(41)42)23(36-2)13-37-34/h5-11,20,23,26,29-31,35-40,43H,12-14H2,1-4H3,(H,41,42). The van der Waals surface area contributed by atoms with Crippen molar-refractivity contribution in [1.29, 1.82) is 0 Å². The Balaban J connectivity index is 1.33. The molecular weight excluding hydrogens is 642 g/mol. The smallest absolute Gasteiger partial charge is 0.340 e. The lowest BCUT2D eigenvalue weighted by molar-refractivity contribution is -0.362. The van der Waals surface area contributed by atoms with E-state index >= 15 is 0 Å². The van der Waals surface area contributed by atoms with E-state index in [9.17, 15) is 30.3 Å². The number of carboxylic acids is 1. The predicted molar refractivity (Wildman–Crippen MR) is 171 cm³/mol. The molecule has 3 aromatic carbocycles. The van der Waals surface area contributed by atoms with Crippen molar-refractivity contribution >= 4 is 5.97 Å². The number of nitrogens with one attached hydrogen (secondary N) is 3. The Bertz CT molecular complexity index is 1790. The van der Waals surface area contributed by atoms with E-state index in [1.54, 1.807) is 44.6 Å². The van der Waals surface area contributed by atoms with E-state index in [-0.39, 0.29) is 30.6 Å². The highest BCUT2D eigenvalue weighted by molar-refractivity contribution is 5.81. The summed E-state index contributed by atoms with van der Waals surface area (Å²) >= 11 is 0. The molecule has 15 heteroatoms. The van der Waals surface area contributed by atoms with Crippen molar-refractivity contribution in [2.75, 3.05) is 41.5 Å². The lowest BCUT2D eigenvalue weighted by Gasteiger charge is -2.58. The summed E-state index contributed by atoms with van der Waals surface area (Å²) in [7, 11) is 6.44. The number of carboxylic acid groups (broad SMARTS) is 1. The topological polar surface area (TPSA) is 210 Å². The number of aliphatic carboxylic acids is 1. The number of carbonyl (C=O) groups is 1. The molecule has 2 saturated heterocycles. The summed E-state index contributed by atoms with van der Waals surface area (Å²) in [5.41, 5.74) is -1.21. The van der Waals surface area contributed by atoms with E-state index in [0.717, 1.165) is 11.1 Å². The number of piperidine rings is 1. The molecule has 0 saturated carbocycles. The van der Waals surface area contributed by atoms with Crippen LogP contribution in [0.1, 0.15) is 28.7 Å². The maximum absolute atomic E-state index is 12.6. The van der Waals surface area contributed by atoms with E-state index in [1.807, 2.05) is 13.1 Å². The Hall–Kier alpha value is -4.35. The van der Waals surface area contributed by atoms with Crippen LogP contribution in [0, 0.1) is 0 Å². The number of benzene rings is 3. The number of methoxy groups -OCH3 is 2. The molecule has 0 aliphatic carbocycles. The van der Waals surface area contributed by atoms with Crippen molar-refractivity contribution in [2.24, 2.45) is 0 Å². The summed E-state index contributed by atoms with van der Waals surface area (Å²) in [6.45, 7) is 0.608. The van der Waals surface area contributed by atoms with E-state index in [2.05, 4.69) is 16.0 Å². The van der Waals surface area contributed by atoms with Crippen molar-refractivity contribution in [3.05, 3.63) is 59.2 Å². The molecule has 2 bridgehead atoms. The molecule has 8 N–H and O–H groups in total. The third-order valence-electron chi connectivity index (χ3n) is 9.96. The number of fused-ring (bicyclic) bond motifs is 7. The first-order valence-corrected chi connectivity index (χ1v) is 15.8. The fraction of sp³-hybridized carbons (Fsp3) is 0.441. The molecule has 8 unspecified atom stereocenters. The summed E-state index contributed by atoms with van der Waals surface area (Å²) < 4.78 is 36.5. The van der Waals surface area contributed by atoms with Gasteiger partial charge in [-0.05, 0) is 55.1 Å². The number of rotatable bonds is 9. The normalized spacial score (nSPS) is 31.0. The van der Waals surface area contributed by atoms with E-state index < -0.39 is 47.9 Å². The number of aliphatic hydroxyl groups excluding tert-OH is 2. The Morgan fingerprint density at radius 2 is 1.90 bits per heavy atom. The largest absolute Gasteiger partial charge is 0.508 e. The highest BCUT2D eigenvalue weighted by atomic mass is 16.7. The molecule has 0 aromatic heterocycles. The van der Waals surface area contributed by atoms with Crippen LogP contribution in [0.4, 0.5) is 0 Å². The van der Waals surface area contributed by atoms with Crippen LogP contribution in [-0.4, -0.2) is 109 Å². The summed E-state index contributed by atoms with van der Waals surface area (Å²) in [4.78, 5) is 12.6. The van der Waals surface area contributed by atoms with Gasteiger partial charge in [0.2, 0.25) is 17.6 Å². The molecule has 7 rings (SSSR count). The van der Waals surface area contributed by atoms with Crippen molar-refractivity contribution in [3.63, 3.8) is 0 Å². The minimum Gasteiger partial charge on any atom is -0.508 e. The number of hydrogen-bond acceptors (Lipinski definition) is 14. The van der Waals surface area contributed by atoms with Crippen LogP contribution >= 0.6 is 0 Å². The predicted octanol–water partition coefficient (Wildman–Crippen LogP) is 0.566. The van der Waals surface area contributed by atoms with Crippen LogP contribution in [0.15, 0.2) is 42.5 Å². The number of aromatic hydroxyl groups is 1. The summed E-state index contributed by atoms with van der Waals surface area (Å²) in [5, 5.41) is 63.0. The monoisotopic (exact) mass is 681 g/mol. The Kier molecular flexibility index (Phi) is 8.26. The molecule has 2 fully saturated rings. The summed E-state index contributed by atoms with van der Waals surface area (Å²) in [6.07, 6.45) is -6.30. The maximum Gasteiger partial charge on any atom is 0.340 e. The van der Waals surface area contributed by atoms with Crippen LogP contribution in [0.2, 0.25) is 0 Å². The number of phenols is 1. The first-order chi connectivity index (χ1) is 23.5. The number of ether oxygens (including phenoxy) is 6. The van der Waals surface area contributed by atoms with Gasteiger partial charge in [0.05, 0.1) is 32.8 Å². The van der Waals surface area contributed by atoms with Crippen LogP contribution in [0.5, 0.6) is 34.5 Å². The minimum atomic E-state index is -2.48. The highest BCUT2D eigenvalue weighted by Crippen LogP contribution is 2.59. The van der Waals surface area contributed by atoms with Gasteiger partial charge in [-0.15, -0.1) is 0 Å². The fourth-order valence-corrected chi connectivity index (χ4v) is 7.62. The highest BCUT2D eigenvalue weighted by Gasteiger charge is 2.71. The average molecular weight is 682 g/mol. The molecule has 262 valence electrons. The van der Waals surface area contributed by atoms with Gasteiger partial charge in [-0.1, -0.05) is 12.1 Å². The molecule has 0 amide bonds. The molecular formula is C34H39N3O12. The Morgan fingerprint density at radius 3 is 2.57 bits per heavy atom. The number of phenolic OH excluding ortho intramolecular Hbond substituents is 1. The van der Waals surface area contributed by atoms with Crippen LogP contribution in [-0.2, 0) is 16.1 Å². The van der Waals surface area contributed by atoms with Gasteiger partial charge in [0.25, 0.3) is 0 Å². The second-order valence-corrected chi connectivity index (χ2v) is 12.5. The molecule has 0 spiro atoms. The SMILES string of the molecule is CNCc1cc(OC)c(OC)c2c1C1COc3cc(OC4OC5(C(=O)O)C(NC)CNC(O)(C4O)C5O)cc(-c4cccc(O)c4)c3C1O2. The van der Waals surface area contributed by atoms with Crippen LogP contribution in [0.25, 0.3) is 11.1 Å². The molecule has 4 aliphatic rings.